The van der Waals surface area contributed by atoms with E-state index in [0.29, 0.717) is 5.92 Å². The van der Waals surface area contributed by atoms with Crippen LogP contribution in [-0.4, -0.2) is 11.9 Å². The Morgan fingerprint density at radius 1 is 0.700 bits per heavy atom. The lowest BCUT2D eigenvalue weighted by Crippen LogP contribution is -2.40. The Labute approximate surface area is 290 Å². The van der Waals surface area contributed by atoms with Crippen LogP contribution in [0.15, 0.2) is 167 Å². The van der Waals surface area contributed by atoms with E-state index in [1.807, 2.05) is 0 Å². The molecule has 3 heteroatoms. The van der Waals surface area contributed by atoms with Crippen molar-refractivity contribution in [1.82, 2.24) is 4.90 Å². The van der Waals surface area contributed by atoms with Crippen LogP contribution in [0.25, 0.3) is 38.8 Å². The van der Waals surface area contributed by atoms with Crippen molar-refractivity contribution in [1.29, 1.82) is 0 Å². The molecule has 2 heterocycles. The minimum absolute atomic E-state index is 0.181. The summed E-state index contributed by atoms with van der Waals surface area (Å²) in [6.07, 6.45) is 6.88. The molecule has 1 aliphatic heterocycles. The van der Waals surface area contributed by atoms with E-state index in [1.165, 1.54) is 66.6 Å². The molecular formula is C47H34N2O. The summed E-state index contributed by atoms with van der Waals surface area (Å²) in [5.41, 5.74) is 14.6. The Morgan fingerprint density at radius 3 is 2.40 bits per heavy atom. The van der Waals surface area contributed by atoms with Gasteiger partial charge in [0.05, 0.1) is 16.5 Å². The molecule has 4 atom stereocenters. The van der Waals surface area contributed by atoms with E-state index < -0.39 is 5.41 Å². The molecule has 3 aliphatic carbocycles. The first-order chi connectivity index (χ1) is 24.6. The zero-order valence-electron chi connectivity index (χ0n) is 28.0. The molecule has 0 fully saturated rings. The summed E-state index contributed by atoms with van der Waals surface area (Å²) in [5.74, 6) is 0.527. The number of hydrogen-bond donors (Lipinski definition) is 0. The van der Waals surface area contributed by atoms with Crippen LogP contribution in [0.1, 0.15) is 52.4 Å². The monoisotopic (exact) mass is 642 g/mol. The Morgan fingerprint density at radius 2 is 1.48 bits per heavy atom. The van der Waals surface area contributed by atoms with E-state index >= 15 is 0 Å². The third kappa shape index (κ3) is 3.47. The molecule has 0 saturated carbocycles. The average molecular weight is 643 g/mol. The number of benzene rings is 6. The normalized spacial score (nSPS) is 22.6. The first-order valence-corrected chi connectivity index (χ1v) is 17.7. The van der Waals surface area contributed by atoms with E-state index in [-0.39, 0.29) is 12.1 Å². The maximum absolute atomic E-state index is 6.82. The van der Waals surface area contributed by atoms with Crippen molar-refractivity contribution in [3.8, 4) is 11.1 Å². The zero-order valence-corrected chi connectivity index (χ0v) is 28.0. The smallest absolute Gasteiger partial charge is 0.147 e. The Balaban J connectivity index is 1.19. The van der Waals surface area contributed by atoms with Gasteiger partial charge in [0.15, 0.2) is 0 Å². The number of para-hydroxylation sites is 2. The fourth-order valence-corrected chi connectivity index (χ4v) is 9.84. The lowest BCUT2D eigenvalue weighted by molar-refractivity contribution is 0.351. The maximum Gasteiger partial charge on any atom is 0.147 e. The Bertz CT molecular complexity index is 2770. The van der Waals surface area contributed by atoms with Crippen LogP contribution in [-0.2, 0) is 5.41 Å². The Hall–Kier alpha value is -5.93. The highest BCUT2D eigenvalue weighted by atomic mass is 16.3. The van der Waals surface area contributed by atoms with Crippen LogP contribution in [0.3, 0.4) is 0 Å². The molecule has 4 aliphatic rings. The minimum atomic E-state index is -0.439. The molecule has 4 unspecified atom stereocenters. The van der Waals surface area contributed by atoms with Crippen molar-refractivity contribution >= 4 is 27.6 Å². The maximum atomic E-state index is 6.82. The topological polar surface area (TPSA) is 28.7 Å². The average Bonchev–Trinajstić information content (AvgIpc) is 3.79. The number of fused-ring (bicyclic) bond motifs is 15. The zero-order chi connectivity index (χ0) is 33.1. The number of nitrogens with zero attached hydrogens (tertiary/aromatic N) is 2. The molecule has 0 N–H and O–H groups in total. The van der Waals surface area contributed by atoms with Gasteiger partial charge in [-0.3, -0.25) is 4.99 Å². The standard InChI is InChI=1S/C47H34N2O/c1-28-13-12-20-37-42(28)43-38(26-25-34-33-17-8-11-22-41(33)50-45(34)43)47(37)36-19-9-6-16-31(36)32-24-23-30(27-39(32)47)46-48-40-21-10-7-18-35(40)44(49(46)2)29-14-4-3-5-15-29/h3-28,42,46H,1-2H3. The van der Waals surface area contributed by atoms with E-state index in [4.69, 9.17) is 9.41 Å². The number of rotatable bonds is 2. The van der Waals surface area contributed by atoms with Crippen LogP contribution in [0, 0.1) is 5.92 Å². The quantitative estimate of drug-likeness (QED) is 0.188. The summed E-state index contributed by atoms with van der Waals surface area (Å²) in [7, 11) is 2.19. The molecule has 50 heavy (non-hydrogen) atoms. The fourth-order valence-electron chi connectivity index (χ4n) is 9.84. The SMILES string of the molecule is CC1C=CC=C2C1c1c(ccc3c1oc1ccccc13)C21c2ccccc2-c2ccc(C3N=c4ccccc4=C(c4ccccc4)N3C)cc21. The molecule has 6 aromatic carbocycles. The van der Waals surface area contributed by atoms with Crippen LogP contribution >= 0.6 is 0 Å². The molecule has 1 spiro atoms. The van der Waals surface area contributed by atoms with Gasteiger partial charge in [-0.15, -0.1) is 0 Å². The number of furan rings is 1. The molecule has 0 saturated heterocycles. The summed E-state index contributed by atoms with van der Waals surface area (Å²) < 4.78 is 6.82. The van der Waals surface area contributed by atoms with Gasteiger partial charge in [-0.1, -0.05) is 140 Å². The van der Waals surface area contributed by atoms with Gasteiger partial charge >= 0.3 is 0 Å². The lowest BCUT2D eigenvalue weighted by atomic mass is 9.67. The van der Waals surface area contributed by atoms with Gasteiger partial charge in [0.1, 0.15) is 17.3 Å². The third-order valence-corrected chi connectivity index (χ3v) is 11.8. The molecule has 0 bridgehead atoms. The van der Waals surface area contributed by atoms with Crippen LogP contribution in [0.5, 0.6) is 0 Å². The molecule has 0 radical (unpaired) electrons. The van der Waals surface area contributed by atoms with Crippen molar-refractivity contribution in [2.24, 2.45) is 10.9 Å². The largest absolute Gasteiger partial charge is 0.456 e. The summed E-state index contributed by atoms with van der Waals surface area (Å²) in [5, 5.41) is 4.57. The molecular weight excluding hydrogens is 609 g/mol. The first kappa shape index (κ1) is 28.0. The van der Waals surface area contributed by atoms with Crippen molar-refractivity contribution in [2.45, 2.75) is 24.4 Å². The highest BCUT2D eigenvalue weighted by Crippen LogP contribution is 2.67. The van der Waals surface area contributed by atoms with Crippen molar-refractivity contribution < 1.29 is 4.42 Å². The van der Waals surface area contributed by atoms with Gasteiger partial charge in [0.2, 0.25) is 0 Å². The van der Waals surface area contributed by atoms with Gasteiger partial charge in [-0.05, 0) is 68.6 Å². The fraction of sp³-hybridized carbons (Fsp3) is 0.128. The van der Waals surface area contributed by atoms with Crippen molar-refractivity contribution in [3.05, 3.63) is 201 Å². The van der Waals surface area contributed by atoms with Gasteiger partial charge in [0, 0.05) is 34.5 Å². The predicted octanol–water partition coefficient (Wildman–Crippen LogP) is 9.55. The molecule has 11 rings (SSSR count). The minimum Gasteiger partial charge on any atom is -0.456 e. The summed E-state index contributed by atoms with van der Waals surface area (Å²) in [6, 6.07) is 48.7. The highest BCUT2D eigenvalue weighted by Gasteiger charge is 2.57. The van der Waals surface area contributed by atoms with E-state index in [0.717, 1.165) is 21.7 Å². The molecule has 3 nitrogen and oxygen atoms in total. The van der Waals surface area contributed by atoms with Crippen molar-refractivity contribution in [3.63, 3.8) is 0 Å². The lowest BCUT2D eigenvalue weighted by Gasteiger charge is -2.36. The first-order valence-electron chi connectivity index (χ1n) is 17.7. The number of hydrogen-bond acceptors (Lipinski definition) is 3. The van der Waals surface area contributed by atoms with Gasteiger partial charge in [0.25, 0.3) is 0 Å². The highest BCUT2D eigenvalue weighted by molar-refractivity contribution is 6.07. The second-order valence-electron chi connectivity index (χ2n) is 14.3. The van der Waals surface area contributed by atoms with Crippen LogP contribution < -0.4 is 10.6 Å². The van der Waals surface area contributed by atoms with Crippen LogP contribution in [0.2, 0.25) is 0 Å². The second-order valence-corrected chi connectivity index (χ2v) is 14.3. The molecule has 238 valence electrons. The van der Waals surface area contributed by atoms with Crippen molar-refractivity contribution in [2.75, 3.05) is 7.05 Å². The Kier molecular flexibility index (Phi) is 5.62. The molecule has 7 aromatic rings. The predicted molar refractivity (Wildman–Crippen MR) is 201 cm³/mol. The van der Waals surface area contributed by atoms with E-state index in [1.54, 1.807) is 0 Å². The summed E-state index contributed by atoms with van der Waals surface area (Å²) >= 11 is 0. The van der Waals surface area contributed by atoms with Gasteiger partial charge in [-0.25, -0.2) is 0 Å². The molecule has 0 amide bonds. The van der Waals surface area contributed by atoms with E-state index in [2.05, 4.69) is 171 Å². The van der Waals surface area contributed by atoms with Crippen LogP contribution in [0.4, 0.5) is 0 Å². The summed E-state index contributed by atoms with van der Waals surface area (Å²) in [6.45, 7) is 2.37. The van der Waals surface area contributed by atoms with E-state index in [9.17, 15) is 0 Å². The third-order valence-electron chi connectivity index (χ3n) is 11.8. The molecule has 1 aromatic heterocycles. The number of allylic oxidation sites excluding steroid dienone is 4. The summed E-state index contributed by atoms with van der Waals surface area (Å²) in [4.78, 5) is 7.79. The second kappa shape index (κ2) is 10.1. The van der Waals surface area contributed by atoms with Gasteiger partial charge < -0.3 is 9.32 Å². The van der Waals surface area contributed by atoms with Gasteiger partial charge in [-0.2, -0.15) is 0 Å².